The minimum Gasteiger partial charge on any atom is -0.309 e. The molecule has 0 spiro atoms. The van der Waals surface area contributed by atoms with Gasteiger partial charge in [0.2, 0.25) is 0 Å². The average Bonchev–Trinajstić information content (AvgIpc) is 2.40. The Labute approximate surface area is 133 Å². The molecule has 0 radical (unpaired) electrons. The van der Waals surface area contributed by atoms with Crippen LogP contribution in [-0.4, -0.2) is 18.2 Å². The fraction of sp³-hybridized carbons (Fsp3) is 0.357. The number of hydrogen-bond acceptors (Lipinski definition) is 4. The second kappa shape index (κ2) is 7.08. The van der Waals surface area contributed by atoms with Gasteiger partial charge in [-0.2, -0.15) is 0 Å². The van der Waals surface area contributed by atoms with Crippen LogP contribution < -0.4 is 0 Å². The van der Waals surface area contributed by atoms with Gasteiger partial charge in [0.1, 0.15) is 5.15 Å². The Morgan fingerprint density at radius 2 is 1.81 bits per heavy atom. The van der Waals surface area contributed by atoms with Gasteiger partial charge in [-0.1, -0.05) is 23.2 Å². The number of fused-ring (bicyclic) bond motifs is 1. The van der Waals surface area contributed by atoms with Crippen molar-refractivity contribution in [3.63, 3.8) is 0 Å². The van der Waals surface area contributed by atoms with Gasteiger partial charge in [0.25, 0.3) is 0 Å². The van der Waals surface area contributed by atoms with Crippen LogP contribution in [0.1, 0.15) is 19.4 Å². The zero-order chi connectivity index (χ0) is 15.5. The maximum Gasteiger partial charge on any atom is 0.335 e. The van der Waals surface area contributed by atoms with Gasteiger partial charge in [0.05, 0.1) is 24.9 Å². The highest BCUT2D eigenvalue weighted by atomic mass is 35.5. The number of aromatic nitrogens is 1. The van der Waals surface area contributed by atoms with Gasteiger partial charge in [-0.3, -0.25) is 4.57 Å². The molecule has 114 valence electrons. The van der Waals surface area contributed by atoms with Crippen molar-refractivity contribution in [1.29, 1.82) is 0 Å². The molecule has 0 aliphatic carbocycles. The molecule has 7 heteroatoms. The molecule has 1 aromatic carbocycles. The zero-order valence-electron chi connectivity index (χ0n) is 11.8. The summed E-state index contributed by atoms with van der Waals surface area (Å²) in [5, 5.41) is 1.74. The zero-order valence-corrected chi connectivity index (χ0v) is 14.2. The minimum atomic E-state index is -3.22. The summed E-state index contributed by atoms with van der Waals surface area (Å²) >= 11 is 12.2. The van der Waals surface area contributed by atoms with Gasteiger partial charge in [0.15, 0.2) is 0 Å². The monoisotopic (exact) mass is 347 g/mol. The lowest BCUT2D eigenvalue weighted by atomic mass is 10.2. The number of nitrogens with zero attached hydrogens (tertiary/aromatic N) is 1. The summed E-state index contributed by atoms with van der Waals surface area (Å²) < 4.78 is 23.2. The SMILES string of the molecule is CCOP(=O)(Cc1cc2cc(Cl)ccc2nc1Cl)OCC. The third-order valence-electron chi connectivity index (χ3n) is 2.82. The molecule has 2 rings (SSSR count). The van der Waals surface area contributed by atoms with Crippen LogP contribution in [-0.2, 0) is 19.8 Å². The van der Waals surface area contributed by atoms with Crippen molar-refractivity contribution in [2.75, 3.05) is 13.2 Å². The smallest absolute Gasteiger partial charge is 0.309 e. The van der Waals surface area contributed by atoms with Crippen molar-refractivity contribution >= 4 is 41.7 Å². The van der Waals surface area contributed by atoms with Gasteiger partial charge in [-0.15, -0.1) is 0 Å². The molecule has 0 aliphatic rings. The molecule has 0 fully saturated rings. The highest BCUT2D eigenvalue weighted by Gasteiger charge is 2.26. The summed E-state index contributed by atoms with van der Waals surface area (Å²) in [6.45, 7) is 4.15. The second-order valence-corrected chi connectivity index (χ2v) is 7.23. The van der Waals surface area contributed by atoms with Crippen LogP contribution in [0.3, 0.4) is 0 Å². The predicted molar refractivity (Wildman–Crippen MR) is 86.3 cm³/mol. The van der Waals surface area contributed by atoms with E-state index in [4.69, 9.17) is 32.2 Å². The summed E-state index contributed by atoms with van der Waals surface area (Å²) in [6.07, 6.45) is 0.0863. The molecule has 0 atom stereocenters. The van der Waals surface area contributed by atoms with Crippen molar-refractivity contribution in [2.24, 2.45) is 0 Å². The molecule has 0 aliphatic heterocycles. The van der Waals surface area contributed by atoms with Gasteiger partial charge >= 0.3 is 7.60 Å². The van der Waals surface area contributed by atoms with E-state index in [0.29, 0.717) is 29.0 Å². The Kier molecular flexibility index (Phi) is 5.64. The van der Waals surface area contributed by atoms with E-state index in [9.17, 15) is 4.57 Å². The lowest BCUT2D eigenvalue weighted by Crippen LogP contribution is -2.00. The van der Waals surface area contributed by atoms with Gasteiger partial charge in [-0.05, 0) is 38.1 Å². The summed E-state index contributed by atoms with van der Waals surface area (Å²) in [6, 6.07) is 7.15. The van der Waals surface area contributed by atoms with Crippen molar-refractivity contribution < 1.29 is 13.6 Å². The minimum absolute atomic E-state index is 0.0863. The van der Waals surface area contributed by atoms with Crippen LogP contribution in [0.15, 0.2) is 24.3 Å². The molecular weight excluding hydrogens is 332 g/mol. The molecule has 0 saturated heterocycles. The Morgan fingerprint density at radius 3 is 2.43 bits per heavy atom. The molecule has 4 nitrogen and oxygen atoms in total. The van der Waals surface area contributed by atoms with E-state index in [1.807, 2.05) is 6.07 Å². The molecule has 0 saturated carbocycles. The molecular formula is C14H16Cl2NO3P. The average molecular weight is 348 g/mol. The van der Waals surface area contributed by atoms with E-state index >= 15 is 0 Å². The van der Waals surface area contributed by atoms with Gasteiger partial charge in [0, 0.05) is 16.0 Å². The molecule has 0 bridgehead atoms. The second-order valence-electron chi connectivity index (χ2n) is 4.38. The predicted octanol–water partition coefficient (Wildman–Crippen LogP) is 5.31. The summed E-state index contributed by atoms with van der Waals surface area (Å²) in [7, 11) is -3.22. The number of benzene rings is 1. The summed E-state index contributed by atoms with van der Waals surface area (Å²) in [5.41, 5.74) is 1.35. The van der Waals surface area contributed by atoms with E-state index in [1.165, 1.54) is 0 Å². The van der Waals surface area contributed by atoms with E-state index in [-0.39, 0.29) is 6.16 Å². The molecule has 1 heterocycles. The third-order valence-corrected chi connectivity index (χ3v) is 5.41. The first-order chi connectivity index (χ1) is 9.97. The van der Waals surface area contributed by atoms with Crippen LogP contribution >= 0.6 is 30.8 Å². The maximum atomic E-state index is 12.6. The fourth-order valence-corrected chi connectivity index (χ4v) is 4.20. The lowest BCUT2D eigenvalue weighted by Gasteiger charge is -2.17. The van der Waals surface area contributed by atoms with E-state index in [2.05, 4.69) is 4.98 Å². The van der Waals surface area contributed by atoms with Crippen LogP contribution in [0, 0.1) is 0 Å². The molecule has 1 aromatic heterocycles. The molecule has 2 aromatic rings. The van der Waals surface area contributed by atoms with Crippen molar-refractivity contribution in [2.45, 2.75) is 20.0 Å². The standard InChI is InChI=1S/C14H16Cl2NO3P/c1-3-19-21(18,20-4-2)9-11-7-10-8-12(15)5-6-13(10)17-14(11)16/h5-8H,3-4,9H2,1-2H3. The Balaban J connectivity index is 2.40. The first-order valence-corrected chi connectivity index (χ1v) is 9.08. The normalized spacial score (nSPS) is 12.0. The van der Waals surface area contributed by atoms with Crippen LogP contribution in [0.4, 0.5) is 0 Å². The summed E-state index contributed by atoms with van der Waals surface area (Å²) in [4.78, 5) is 4.30. The number of hydrogen-bond donors (Lipinski definition) is 0. The van der Waals surface area contributed by atoms with Crippen LogP contribution in [0.25, 0.3) is 10.9 Å². The highest BCUT2D eigenvalue weighted by Crippen LogP contribution is 2.52. The number of halogens is 2. The Bertz CT molecular complexity index is 683. The maximum absolute atomic E-state index is 12.6. The van der Waals surface area contributed by atoms with E-state index in [0.717, 1.165) is 10.9 Å². The molecule has 0 N–H and O–H groups in total. The number of rotatable bonds is 6. The first kappa shape index (κ1) is 16.7. The van der Waals surface area contributed by atoms with Crippen molar-refractivity contribution in [3.05, 3.63) is 40.0 Å². The van der Waals surface area contributed by atoms with Crippen molar-refractivity contribution in [1.82, 2.24) is 4.98 Å². The Morgan fingerprint density at radius 1 is 1.14 bits per heavy atom. The van der Waals surface area contributed by atoms with E-state index < -0.39 is 7.60 Å². The van der Waals surface area contributed by atoms with Gasteiger partial charge in [-0.25, -0.2) is 4.98 Å². The largest absolute Gasteiger partial charge is 0.335 e. The first-order valence-electron chi connectivity index (χ1n) is 6.60. The quantitative estimate of drug-likeness (QED) is 0.524. The Hall–Kier alpha value is -0.640. The van der Waals surface area contributed by atoms with Crippen LogP contribution in [0.5, 0.6) is 0 Å². The van der Waals surface area contributed by atoms with Gasteiger partial charge < -0.3 is 9.05 Å². The number of pyridine rings is 1. The molecule has 0 unspecified atom stereocenters. The van der Waals surface area contributed by atoms with Crippen molar-refractivity contribution in [3.8, 4) is 0 Å². The molecule has 21 heavy (non-hydrogen) atoms. The summed E-state index contributed by atoms with van der Waals surface area (Å²) in [5.74, 6) is 0. The molecule has 0 amide bonds. The third kappa shape index (κ3) is 4.18. The van der Waals surface area contributed by atoms with E-state index in [1.54, 1.807) is 32.0 Å². The van der Waals surface area contributed by atoms with Crippen LogP contribution in [0.2, 0.25) is 10.2 Å². The topological polar surface area (TPSA) is 48.4 Å². The highest BCUT2D eigenvalue weighted by molar-refractivity contribution is 7.53. The lowest BCUT2D eigenvalue weighted by molar-refractivity contribution is 0.219. The fourth-order valence-electron chi connectivity index (χ4n) is 2.01.